The van der Waals surface area contributed by atoms with Crippen LogP contribution in [0, 0.1) is 0 Å². The van der Waals surface area contributed by atoms with Crippen LogP contribution in [0.4, 0.5) is 29.6 Å². The van der Waals surface area contributed by atoms with Crippen LogP contribution in [-0.2, 0) is 20.9 Å². The predicted molar refractivity (Wildman–Crippen MR) is 155 cm³/mol. The predicted octanol–water partition coefficient (Wildman–Crippen LogP) is 5.66. The first-order valence-corrected chi connectivity index (χ1v) is 14.7. The van der Waals surface area contributed by atoms with Gasteiger partial charge >= 0.3 is 12.3 Å². The van der Waals surface area contributed by atoms with E-state index in [2.05, 4.69) is 15.3 Å². The van der Waals surface area contributed by atoms with Gasteiger partial charge in [0.15, 0.2) is 0 Å². The van der Waals surface area contributed by atoms with E-state index >= 15 is 0 Å². The van der Waals surface area contributed by atoms with Crippen molar-refractivity contribution in [3.8, 4) is 5.75 Å². The maximum atomic E-state index is 14.1. The molecular weight excluding hydrogens is 587 g/mol. The van der Waals surface area contributed by atoms with Crippen molar-refractivity contribution in [1.82, 2.24) is 19.2 Å². The van der Waals surface area contributed by atoms with E-state index in [4.69, 9.17) is 9.47 Å². The monoisotopic (exact) mass is 619 g/mol. The molecule has 1 aliphatic heterocycles. The molecule has 0 saturated carbocycles. The number of benzene rings is 2. The number of methoxy groups -OCH3 is 1. The highest BCUT2D eigenvalue weighted by atomic mass is 32.2. The van der Waals surface area contributed by atoms with Crippen LogP contribution in [0.15, 0.2) is 59.8 Å². The first kappa shape index (κ1) is 31.8. The Balaban J connectivity index is 1.48. The van der Waals surface area contributed by atoms with Crippen LogP contribution in [-0.4, -0.2) is 72.6 Å². The molecule has 1 saturated heterocycles. The number of alkyl halides is 3. The molecule has 0 atom stereocenters. The van der Waals surface area contributed by atoms with Gasteiger partial charge < -0.3 is 19.7 Å². The van der Waals surface area contributed by atoms with Crippen molar-refractivity contribution in [3.63, 3.8) is 0 Å². The van der Waals surface area contributed by atoms with E-state index in [0.29, 0.717) is 17.4 Å². The van der Waals surface area contributed by atoms with E-state index in [0.717, 1.165) is 15.9 Å². The molecule has 1 N–H and O–H groups in total. The summed E-state index contributed by atoms with van der Waals surface area (Å²) >= 11 is 0. The molecule has 1 aromatic heterocycles. The largest absolute Gasteiger partial charge is 0.497 e. The number of rotatable bonds is 7. The van der Waals surface area contributed by atoms with Gasteiger partial charge in [0.1, 0.15) is 11.4 Å². The van der Waals surface area contributed by atoms with Gasteiger partial charge in [-0.15, -0.1) is 0 Å². The normalized spacial score (nSPS) is 15.0. The topological polar surface area (TPSA) is 114 Å². The lowest BCUT2D eigenvalue weighted by molar-refractivity contribution is -0.139. The Hall–Kier alpha value is -4.17. The number of nitrogens with one attached hydrogen (secondary N) is 1. The van der Waals surface area contributed by atoms with Gasteiger partial charge in [-0.2, -0.15) is 17.5 Å². The number of amides is 1. The number of hydrogen-bond donors (Lipinski definition) is 1. The van der Waals surface area contributed by atoms with Crippen LogP contribution in [0.3, 0.4) is 0 Å². The molecule has 0 unspecified atom stereocenters. The summed E-state index contributed by atoms with van der Waals surface area (Å²) in [6.45, 7) is 4.72. The van der Waals surface area contributed by atoms with Crippen molar-refractivity contribution in [2.45, 2.75) is 37.4 Å². The van der Waals surface area contributed by atoms with Crippen molar-refractivity contribution >= 4 is 39.9 Å². The van der Waals surface area contributed by atoms with E-state index in [-0.39, 0.29) is 37.8 Å². The molecule has 14 heteroatoms. The summed E-state index contributed by atoms with van der Waals surface area (Å²) in [4.78, 5) is 21.1. The second-order valence-corrected chi connectivity index (χ2v) is 12.6. The van der Waals surface area contributed by atoms with Gasteiger partial charge in [-0.25, -0.2) is 23.2 Å². The zero-order valence-corrected chi connectivity index (χ0v) is 24.9. The molecule has 0 aliphatic carbocycles. The fraction of sp³-hybridized carbons (Fsp3) is 0.345. The van der Waals surface area contributed by atoms with E-state index in [1.165, 1.54) is 23.4 Å². The second-order valence-electron chi connectivity index (χ2n) is 10.7. The Morgan fingerprint density at radius 3 is 2.21 bits per heavy atom. The van der Waals surface area contributed by atoms with Gasteiger partial charge in [0, 0.05) is 49.8 Å². The number of carbonyl (C=O) groups excluding carboxylic acids is 1. The number of aromatic nitrogens is 2. The van der Waals surface area contributed by atoms with Gasteiger partial charge in [-0.3, -0.25) is 0 Å². The Bertz CT molecular complexity index is 1580. The fourth-order valence-corrected chi connectivity index (χ4v) is 5.80. The zero-order chi connectivity index (χ0) is 31.4. The molecule has 1 fully saturated rings. The maximum Gasteiger partial charge on any atom is 0.417 e. The fourth-order valence-electron chi connectivity index (χ4n) is 4.19. The van der Waals surface area contributed by atoms with Gasteiger partial charge in [-0.05, 0) is 56.7 Å². The Morgan fingerprint density at radius 2 is 1.60 bits per heavy atom. The molecule has 0 spiro atoms. The number of ether oxygens (including phenoxy) is 2. The molecule has 43 heavy (non-hydrogen) atoms. The third-order valence-corrected chi connectivity index (χ3v) is 8.24. The summed E-state index contributed by atoms with van der Waals surface area (Å²) in [6.07, 6.45) is 1.01. The van der Waals surface area contributed by atoms with Gasteiger partial charge in [0.2, 0.25) is 16.0 Å². The first-order valence-electron chi connectivity index (χ1n) is 13.3. The van der Waals surface area contributed by atoms with Crippen molar-refractivity contribution in [1.29, 1.82) is 0 Å². The van der Waals surface area contributed by atoms with Crippen molar-refractivity contribution in [2.75, 3.05) is 38.6 Å². The third kappa shape index (κ3) is 8.23. The van der Waals surface area contributed by atoms with Crippen LogP contribution < -0.4 is 10.1 Å². The number of hydrogen-bond acceptors (Lipinski definition) is 8. The molecule has 230 valence electrons. The highest BCUT2D eigenvalue weighted by Crippen LogP contribution is 2.37. The van der Waals surface area contributed by atoms with Crippen LogP contribution >= 0.6 is 0 Å². The third-order valence-electron chi connectivity index (χ3n) is 6.28. The van der Waals surface area contributed by atoms with Crippen LogP contribution in [0.1, 0.15) is 37.5 Å². The zero-order valence-electron chi connectivity index (χ0n) is 24.1. The number of halogens is 3. The van der Waals surface area contributed by atoms with Crippen molar-refractivity contribution < 1.29 is 35.9 Å². The molecule has 10 nitrogen and oxygen atoms in total. The van der Waals surface area contributed by atoms with Gasteiger partial charge in [-0.1, -0.05) is 24.3 Å². The molecular formula is C29H32F3N5O5S. The van der Waals surface area contributed by atoms with Crippen molar-refractivity contribution in [2.24, 2.45) is 0 Å². The standard InChI is InChI=1S/C29H32F3N5O5S/c1-28(2,3)42-27(38)36-12-14-37(15-13-36)43(39,40)25-11-10-22(17-24(25)29(30,31)32)35-26-33-18-21(19-34-26)9-8-20-6-5-7-23(16-20)41-4/h5-11,16-19H,12-15H2,1-4H3,(H,33,34,35). The van der Waals surface area contributed by atoms with E-state index in [1.807, 2.05) is 30.3 Å². The summed E-state index contributed by atoms with van der Waals surface area (Å²) in [5.41, 5.74) is -0.566. The van der Waals surface area contributed by atoms with E-state index in [9.17, 15) is 26.4 Å². The van der Waals surface area contributed by atoms with Crippen LogP contribution in [0.5, 0.6) is 5.75 Å². The highest BCUT2D eigenvalue weighted by molar-refractivity contribution is 7.89. The summed E-state index contributed by atoms with van der Waals surface area (Å²) in [5.74, 6) is 0.733. The number of carbonyl (C=O) groups is 1. The van der Waals surface area contributed by atoms with Crippen LogP contribution in [0.2, 0.25) is 0 Å². The minimum atomic E-state index is -4.96. The molecule has 1 aliphatic rings. The smallest absolute Gasteiger partial charge is 0.417 e. The summed E-state index contributed by atoms with van der Waals surface area (Å²) in [6, 6.07) is 10.2. The summed E-state index contributed by atoms with van der Waals surface area (Å²) in [5, 5.41) is 2.70. The molecule has 0 radical (unpaired) electrons. The minimum Gasteiger partial charge on any atom is -0.497 e. The number of sulfonamides is 1. The van der Waals surface area contributed by atoms with E-state index < -0.39 is 38.4 Å². The molecule has 0 bridgehead atoms. The second kappa shape index (κ2) is 12.6. The molecule has 1 amide bonds. The maximum absolute atomic E-state index is 14.1. The van der Waals surface area contributed by atoms with Crippen molar-refractivity contribution in [3.05, 3.63) is 71.5 Å². The average Bonchev–Trinajstić information content (AvgIpc) is 2.95. The van der Waals surface area contributed by atoms with Gasteiger partial charge in [0.05, 0.1) is 17.6 Å². The number of nitrogens with zero attached hydrogens (tertiary/aromatic N) is 4. The first-order chi connectivity index (χ1) is 20.2. The Labute approximate surface area is 248 Å². The van der Waals surface area contributed by atoms with Gasteiger partial charge in [0.25, 0.3) is 0 Å². The lowest BCUT2D eigenvalue weighted by atomic mass is 10.2. The number of piperazine rings is 1. The number of anilines is 2. The minimum absolute atomic E-state index is 0.0167. The quantitative estimate of drug-likeness (QED) is 0.361. The Kier molecular flexibility index (Phi) is 9.30. The Morgan fingerprint density at radius 1 is 0.953 bits per heavy atom. The van der Waals surface area contributed by atoms with Crippen LogP contribution in [0.25, 0.3) is 12.2 Å². The lowest BCUT2D eigenvalue weighted by Gasteiger charge is -2.35. The lowest BCUT2D eigenvalue weighted by Crippen LogP contribution is -2.51. The highest BCUT2D eigenvalue weighted by Gasteiger charge is 2.40. The SMILES string of the molecule is COc1cccc(C=Cc2cnc(Nc3ccc(S(=O)(=O)N4CCN(C(=O)OC(C)(C)C)CC4)c(C(F)(F)F)c3)nc2)c1. The molecule has 3 aromatic rings. The molecule has 2 aromatic carbocycles. The van der Waals surface area contributed by atoms with E-state index in [1.54, 1.807) is 34.0 Å². The summed E-state index contributed by atoms with van der Waals surface area (Å²) in [7, 11) is -2.96. The molecule has 2 heterocycles. The average molecular weight is 620 g/mol. The summed E-state index contributed by atoms with van der Waals surface area (Å²) < 4.78 is 80.3. The molecule has 4 rings (SSSR count).